The minimum atomic E-state index is 0.535. The maximum atomic E-state index is 6.84. The fourth-order valence-corrected chi connectivity index (χ4v) is 8.35. The van der Waals surface area contributed by atoms with Gasteiger partial charge in [-0.05, 0) is 71.8 Å². The fraction of sp³-hybridized carbons (Fsp3) is 0. The van der Waals surface area contributed by atoms with E-state index < -0.39 is 0 Å². The number of para-hydroxylation sites is 4. The average molecular weight is 731 g/mol. The van der Waals surface area contributed by atoms with Crippen molar-refractivity contribution >= 4 is 65.7 Å². The van der Waals surface area contributed by atoms with Crippen molar-refractivity contribution in [1.82, 2.24) is 19.5 Å². The Morgan fingerprint density at radius 1 is 0.333 bits per heavy atom. The number of hydrogen-bond acceptors (Lipinski definition) is 5. The quantitative estimate of drug-likeness (QED) is 0.176. The van der Waals surface area contributed by atoms with Gasteiger partial charge < -0.3 is 13.4 Å². The van der Waals surface area contributed by atoms with Gasteiger partial charge >= 0.3 is 0 Å². The van der Waals surface area contributed by atoms with Gasteiger partial charge in [-0.15, -0.1) is 0 Å². The van der Waals surface area contributed by atoms with Gasteiger partial charge in [-0.1, -0.05) is 121 Å². The van der Waals surface area contributed by atoms with E-state index in [1.54, 1.807) is 0 Å². The zero-order valence-electron chi connectivity index (χ0n) is 30.4. The molecule has 0 spiro atoms. The predicted molar refractivity (Wildman–Crippen MR) is 230 cm³/mol. The van der Waals surface area contributed by atoms with Crippen LogP contribution in [-0.2, 0) is 0 Å². The molecule has 0 saturated heterocycles. The van der Waals surface area contributed by atoms with Crippen molar-refractivity contribution in [3.63, 3.8) is 0 Å². The minimum Gasteiger partial charge on any atom is -0.456 e. The lowest BCUT2D eigenvalue weighted by Gasteiger charge is -2.09. The third-order valence-corrected chi connectivity index (χ3v) is 11.1. The first kappa shape index (κ1) is 31.5. The van der Waals surface area contributed by atoms with Gasteiger partial charge in [0.15, 0.2) is 17.5 Å². The molecule has 0 fully saturated rings. The fourth-order valence-electron chi connectivity index (χ4n) is 8.35. The number of aromatic nitrogens is 4. The van der Waals surface area contributed by atoms with Crippen LogP contribution in [0.4, 0.5) is 0 Å². The molecule has 0 unspecified atom stereocenters. The Labute approximate surface area is 325 Å². The SMILES string of the molecule is c1ccc(-c2ccc(-c3nc(-c4ccc5oc6ccccc6c5c4)nc(-c4cccc5c4oc4cc6c7ccccc7n(-c7ccccc7)c6cc45)n3)cc2)cc1. The van der Waals surface area contributed by atoms with Crippen molar-refractivity contribution in [1.29, 1.82) is 0 Å². The number of furan rings is 2. The van der Waals surface area contributed by atoms with Crippen molar-refractivity contribution < 1.29 is 8.83 Å². The van der Waals surface area contributed by atoms with Gasteiger partial charge in [0, 0.05) is 49.1 Å². The molecule has 0 bridgehead atoms. The number of benzene rings is 8. The molecule has 0 atom stereocenters. The summed E-state index contributed by atoms with van der Waals surface area (Å²) in [5.41, 5.74) is 11.4. The molecule has 0 N–H and O–H groups in total. The highest BCUT2D eigenvalue weighted by atomic mass is 16.3. The summed E-state index contributed by atoms with van der Waals surface area (Å²) in [6.45, 7) is 0. The monoisotopic (exact) mass is 730 g/mol. The van der Waals surface area contributed by atoms with Crippen LogP contribution in [0.25, 0.3) is 117 Å². The van der Waals surface area contributed by atoms with Crippen molar-refractivity contribution in [2.75, 3.05) is 0 Å². The molecule has 57 heavy (non-hydrogen) atoms. The van der Waals surface area contributed by atoms with Crippen LogP contribution in [-0.4, -0.2) is 19.5 Å². The Morgan fingerprint density at radius 3 is 1.79 bits per heavy atom. The van der Waals surface area contributed by atoms with Gasteiger partial charge in [0.25, 0.3) is 0 Å². The van der Waals surface area contributed by atoms with E-state index in [0.29, 0.717) is 17.5 Å². The van der Waals surface area contributed by atoms with E-state index in [4.69, 9.17) is 23.8 Å². The first-order valence-electron chi connectivity index (χ1n) is 19.0. The standard InChI is InChI=1S/C51H30N4O2/c1-3-12-31(13-4-1)32-22-24-33(25-23-32)49-52-50(34-26-27-46-41(28-34)37-17-8-10-21-45(37)56-46)54-51(53-49)39-19-11-18-38-42-29-44-40(30-47(42)57-48(38)39)36-16-7-9-20-43(36)55(44)35-14-5-2-6-15-35/h1-30H. The van der Waals surface area contributed by atoms with Gasteiger partial charge in [-0.25, -0.2) is 15.0 Å². The zero-order valence-corrected chi connectivity index (χ0v) is 30.4. The van der Waals surface area contributed by atoms with Crippen LogP contribution >= 0.6 is 0 Å². The van der Waals surface area contributed by atoms with Crippen LogP contribution in [0.5, 0.6) is 0 Å². The highest BCUT2D eigenvalue weighted by Crippen LogP contribution is 2.41. The lowest BCUT2D eigenvalue weighted by Crippen LogP contribution is -2.00. The topological polar surface area (TPSA) is 69.9 Å². The molecule has 6 nitrogen and oxygen atoms in total. The van der Waals surface area contributed by atoms with Crippen LogP contribution < -0.4 is 0 Å². The Hall–Kier alpha value is -7.83. The Morgan fingerprint density at radius 2 is 0.947 bits per heavy atom. The maximum absolute atomic E-state index is 6.84. The molecular weight excluding hydrogens is 701 g/mol. The molecule has 12 rings (SSSR count). The van der Waals surface area contributed by atoms with E-state index >= 15 is 0 Å². The molecule has 0 radical (unpaired) electrons. The summed E-state index contributed by atoms with van der Waals surface area (Å²) in [6, 6.07) is 62.7. The third kappa shape index (κ3) is 5.01. The van der Waals surface area contributed by atoms with Crippen LogP contribution in [0.1, 0.15) is 0 Å². The summed E-state index contributed by atoms with van der Waals surface area (Å²) in [4.78, 5) is 15.4. The van der Waals surface area contributed by atoms with Gasteiger partial charge in [0.05, 0.1) is 16.6 Å². The van der Waals surface area contributed by atoms with Crippen LogP contribution in [0.2, 0.25) is 0 Å². The van der Waals surface area contributed by atoms with Crippen molar-refractivity contribution in [2.45, 2.75) is 0 Å². The summed E-state index contributed by atoms with van der Waals surface area (Å²) in [7, 11) is 0. The lowest BCUT2D eigenvalue weighted by atomic mass is 10.0. The lowest BCUT2D eigenvalue weighted by molar-refractivity contribution is 0.669. The molecule has 0 aliphatic carbocycles. The highest BCUT2D eigenvalue weighted by Gasteiger charge is 2.21. The molecule has 0 saturated carbocycles. The first-order chi connectivity index (χ1) is 28.2. The van der Waals surface area contributed by atoms with Crippen molar-refractivity contribution in [3.05, 3.63) is 182 Å². The largest absolute Gasteiger partial charge is 0.456 e. The van der Waals surface area contributed by atoms with E-state index in [1.165, 1.54) is 5.39 Å². The molecule has 266 valence electrons. The summed E-state index contributed by atoms with van der Waals surface area (Å²) >= 11 is 0. The third-order valence-electron chi connectivity index (χ3n) is 11.1. The first-order valence-corrected chi connectivity index (χ1v) is 19.0. The number of rotatable bonds is 5. The molecule has 12 aromatic rings. The smallest absolute Gasteiger partial charge is 0.167 e. The van der Waals surface area contributed by atoms with Gasteiger partial charge in [0.1, 0.15) is 22.3 Å². The van der Waals surface area contributed by atoms with Crippen LogP contribution in [0.15, 0.2) is 191 Å². The number of hydrogen-bond donors (Lipinski definition) is 0. The molecule has 0 aliphatic heterocycles. The summed E-state index contributed by atoms with van der Waals surface area (Å²) in [6.07, 6.45) is 0. The second-order valence-electron chi connectivity index (χ2n) is 14.4. The van der Waals surface area contributed by atoms with E-state index in [2.05, 4.69) is 144 Å². The number of fused-ring (bicyclic) bond motifs is 9. The Kier molecular flexibility index (Phi) is 6.83. The molecule has 6 heteroatoms. The summed E-state index contributed by atoms with van der Waals surface area (Å²) in [5, 5.41) is 6.39. The Bertz CT molecular complexity index is 3510. The zero-order chi connectivity index (χ0) is 37.5. The van der Waals surface area contributed by atoms with Crippen LogP contribution in [0, 0.1) is 0 Å². The van der Waals surface area contributed by atoms with E-state index in [1.807, 2.05) is 42.5 Å². The molecule has 8 aromatic carbocycles. The maximum Gasteiger partial charge on any atom is 0.167 e. The Balaban J connectivity index is 1.07. The number of nitrogens with zero attached hydrogens (tertiary/aromatic N) is 4. The van der Waals surface area contributed by atoms with Crippen molar-refractivity contribution in [2.24, 2.45) is 0 Å². The van der Waals surface area contributed by atoms with Gasteiger partial charge in [0.2, 0.25) is 0 Å². The summed E-state index contributed by atoms with van der Waals surface area (Å²) < 4.78 is 15.3. The van der Waals surface area contributed by atoms with E-state index in [9.17, 15) is 0 Å². The second-order valence-corrected chi connectivity index (χ2v) is 14.4. The van der Waals surface area contributed by atoms with E-state index in [-0.39, 0.29) is 0 Å². The van der Waals surface area contributed by atoms with E-state index in [0.717, 1.165) is 93.8 Å². The molecule has 0 aliphatic rings. The summed E-state index contributed by atoms with van der Waals surface area (Å²) in [5.74, 6) is 1.68. The second kappa shape index (κ2) is 12.3. The minimum absolute atomic E-state index is 0.535. The molecule has 4 heterocycles. The molecule has 0 amide bonds. The molecule has 4 aromatic heterocycles. The average Bonchev–Trinajstić information content (AvgIpc) is 3.95. The predicted octanol–water partition coefficient (Wildman–Crippen LogP) is 13.4. The normalized spacial score (nSPS) is 11.9. The van der Waals surface area contributed by atoms with Gasteiger partial charge in [-0.3, -0.25) is 0 Å². The van der Waals surface area contributed by atoms with Gasteiger partial charge in [-0.2, -0.15) is 0 Å². The molecular formula is C51H30N4O2. The van der Waals surface area contributed by atoms with Crippen LogP contribution in [0.3, 0.4) is 0 Å². The van der Waals surface area contributed by atoms with Crippen molar-refractivity contribution in [3.8, 4) is 51.0 Å². The highest BCUT2D eigenvalue weighted by molar-refractivity contribution is 6.18.